The van der Waals surface area contributed by atoms with Crippen molar-refractivity contribution in [1.82, 2.24) is 5.32 Å². The molecule has 1 N–H and O–H groups in total. The van der Waals surface area contributed by atoms with E-state index in [1.54, 1.807) is 6.07 Å². The fraction of sp³-hybridized carbons (Fsp3) is 0.625. The Hall–Kier alpha value is -0.960. The number of benzene rings is 1. The molecule has 1 aliphatic carbocycles. The van der Waals surface area contributed by atoms with Crippen LogP contribution in [0.25, 0.3) is 0 Å². The van der Waals surface area contributed by atoms with E-state index in [1.807, 2.05) is 0 Å². The van der Waals surface area contributed by atoms with Gasteiger partial charge in [0.15, 0.2) is 11.6 Å². The number of halogens is 2. The molecule has 106 valence electrons. The van der Waals surface area contributed by atoms with Crippen molar-refractivity contribution in [3.05, 3.63) is 35.4 Å². The van der Waals surface area contributed by atoms with Crippen LogP contribution >= 0.6 is 0 Å². The standard InChI is InChI=1S/C16H23F2N/c1-3-8-19-16(11(2)13-5-6-13)10-12-4-7-14(17)15(18)9-12/h4,7,9,11,13,16,19H,3,5-6,8,10H2,1-2H3. The lowest BCUT2D eigenvalue weighted by Gasteiger charge is -2.25. The van der Waals surface area contributed by atoms with Crippen LogP contribution in [0.2, 0.25) is 0 Å². The van der Waals surface area contributed by atoms with Gasteiger partial charge in [-0.15, -0.1) is 0 Å². The van der Waals surface area contributed by atoms with Crippen molar-refractivity contribution in [2.24, 2.45) is 11.8 Å². The highest BCUT2D eigenvalue weighted by atomic mass is 19.2. The van der Waals surface area contributed by atoms with Gasteiger partial charge in [-0.05, 0) is 61.8 Å². The summed E-state index contributed by atoms with van der Waals surface area (Å²) >= 11 is 0. The molecule has 1 fully saturated rings. The van der Waals surface area contributed by atoms with Gasteiger partial charge in [0.25, 0.3) is 0 Å². The van der Waals surface area contributed by atoms with Crippen molar-refractivity contribution in [2.75, 3.05) is 6.54 Å². The van der Waals surface area contributed by atoms with Crippen LogP contribution in [0.3, 0.4) is 0 Å². The van der Waals surface area contributed by atoms with E-state index in [1.165, 1.54) is 25.0 Å². The Labute approximate surface area is 114 Å². The minimum absolute atomic E-state index is 0.359. The molecule has 2 unspecified atom stereocenters. The van der Waals surface area contributed by atoms with E-state index in [4.69, 9.17) is 0 Å². The van der Waals surface area contributed by atoms with Crippen molar-refractivity contribution in [3.63, 3.8) is 0 Å². The van der Waals surface area contributed by atoms with Crippen molar-refractivity contribution in [2.45, 2.75) is 45.6 Å². The molecule has 0 bridgehead atoms. The third kappa shape index (κ3) is 4.00. The largest absolute Gasteiger partial charge is 0.313 e. The Morgan fingerprint density at radius 1 is 1.26 bits per heavy atom. The zero-order valence-corrected chi connectivity index (χ0v) is 11.8. The van der Waals surface area contributed by atoms with Crippen LogP contribution in [0.4, 0.5) is 8.78 Å². The van der Waals surface area contributed by atoms with E-state index in [-0.39, 0.29) is 0 Å². The van der Waals surface area contributed by atoms with E-state index in [2.05, 4.69) is 19.2 Å². The van der Waals surface area contributed by atoms with Crippen molar-refractivity contribution < 1.29 is 8.78 Å². The lowest BCUT2D eigenvalue weighted by Crippen LogP contribution is -2.38. The Kier molecular flexibility index (Phi) is 4.92. The Balaban J connectivity index is 2.02. The van der Waals surface area contributed by atoms with Crippen LogP contribution < -0.4 is 5.32 Å². The smallest absolute Gasteiger partial charge is 0.159 e. The van der Waals surface area contributed by atoms with Gasteiger partial charge in [0.1, 0.15) is 0 Å². The van der Waals surface area contributed by atoms with Gasteiger partial charge in [-0.2, -0.15) is 0 Å². The molecular formula is C16H23F2N. The molecule has 1 nitrogen and oxygen atoms in total. The highest BCUT2D eigenvalue weighted by Gasteiger charge is 2.33. The average Bonchev–Trinajstić information content (AvgIpc) is 3.22. The summed E-state index contributed by atoms with van der Waals surface area (Å²) in [7, 11) is 0. The number of hydrogen-bond donors (Lipinski definition) is 1. The third-order valence-electron chi connectivity index (χ3n) is 4.10. The monoisotopic (exact) mass is 267 g/mol. The van der Waals surface area contributed by atoms with E-state index in [9.17, 15) is 8.78 Å². The van der Waals surface area contributed by atoms with Crippen LogP contribution in [-0.2, 0) is 6.42 Å². The minimum Gasteiger partial charge on any atom is -0.313 e. The van der Waals surface area contributed by atoms with E-state index in [0.29, 0.717) is 12.0 Å². The molecule has 0 amide bonds. The fourth-order valence-corrected chi connectivity index (χ4v) is 2.64. The SMILES string of the molecule is CCCNC(Cc1ccc(F)c(F)c1)C(C)C1CC1. The van der Waals surface area contributed by atoms with Gasteiger partial charge in [-0.1, -0.05) is 19.9 Å². The summed E-state index contributed by atoms with van der Waals surface area (Å²) in [5, 5.41) is 3.56. The first-order valence-electron chi connectivity index (χ1n) is 7.29. The van der Waals surface area contributed by atoms with Crippen LogP contribution in [0, 0.1) is 23.5 Å². The summed E-state index contributed by atoms with van der Waals surface area (Å²) < 4.78 is 26.2. The summed E-state index contributed by atoms with van der Waals surface area (Å²) in [5.74, 6) is -0.109. The first-order valence-corrected chi connectivity index (χ1v) is 7.29. The average molecular weight is 267 g/mol. The maximum absolute atomic E-state index is 13.3. The number of nitrogens with one attached hydrogen (secondary N) is 1. The van der Waals surface area contributed by atoms with Gasteiger partial charge in [-0.25, -0.2) is 8.78 Å². The van der Waals surface area contributed by atoms with Gasteiger partial charge < -0.3 is 5.32 Å². The summed E-state index contributed by atoms with van der Waals surface area (Å²) in [4.78, 5) is 0. The molecule has 1 aromatic carbocycles. The highest BCUT2D eigenvalue weighted by molar-refractivity contribution is 5.19. The van der Waals surface area contributed by atoms with Crippen LogP contribution in [0.5, 0.6) is 0 Å². The third-order valence-corrected chi connectivity index (χ3v) is 4.10. The topological polar surface area (TPSA) is 12.0 Å². The summed E-state index contributed by atoms with van der Waals surface area (Å²) in [5.41, 5.74) is 0.875. The molecule has 2 rings (SSSR count). The van der Waals surface area contributed by atoms with Gasteiger partial charge in [0.2, 0.25) is 0 Å². The molecule has 1 aliphatic rings. The zero-order chi connectivity index (χ0) is 13.8. The number of rotatable bonds is 7. The second-order valence-electron chi connectivity index (χ2n) is 5.71. The second-order valence-corrected chi connectivity index (χ2v) is 5.71. The summed E-state index contributed by atoms with van der Waals surface area (Å²) in [6.45, 7) is 5.39. The van der Waals surface area contributed by atoms with Gasteiger partial charge in [0.05, 0.1) is 0 Å². The van der Waals surface area contributed by atoms with Crippen molar-refractivity contribution in [1.29, 1.82) is 0 Å². The Morgan fingerprint density at radius 3 is 2.58 bits per heavy atom. The lowest BCUT2D eigenvalue weighted by atomic mass is 9.91. The molecule has 0 aromatic heterocycles. The predicted octanol–water partition coefficient (Wildman–Crippen LogP) is 3.92. The fourth-order valence-electron chi connectivity index (χ4n) is 2.64. The quantitative estimate of drug-likeness (QED) is 0.789. The van der Waals surface area contributed by atoms with Crippen molar-refractivity contribution in [3.8, 4) is 0 Å². The molecule has 0 spiro atoms. The molecule has 3 heteroatoms. The predicted molar refractivity (Wildman–Crippen MR) is 74.0 cm³/mol. The molecular weight excluding hydrogens is 244 g/mol. The zero-order valence-electron chi connectivity index (χ0n) is 11.8. The van der Waals surface area contributed by atoms with E-state index < -0.39 is 11.6 Å². The van der Waals surface area contributed by atoms with Gasteiger partial charge in [0, 0.05) is 6.04 Å². The molecule has 1 saturated carbocycles. The van der Waals surface area contributed by atoms with Gasteiger partial charge >= 0.3 is 0 Å². The maximum atomic E-state index is 13.3. The molecule has 1 aromatic rings. The Bertz CT molecular complexity index is 415. The van der Waals surface area contributed by atoms with Crippen LogP contribution in [0.1, 0.15) is 38.7 Å². The van der Waals surface area contributed by atoms with Crippen LogP contribution in [-0.4, -0.2) is 12.6 Å². The first kappa shape index (κ1) is 14.4. The minimum atomic E-state index is -0.767. The highest BCUT2D eigenvalue weighted by Crippen LogP contribution is 2.38. The van der Waals surface area contributed by atoms with Crippen LogP contribution in [0.15, 0.2) is 18.2 Å². The Morgan fingerprint density at radius 2 is 2.00 bits per heavy atom. The molecule has 19 heavy (non-hydrogen) atoms. The normalized spacial score (nSPS) is 18.3. The summed E-state index contributed by atoms with van der Waals surface area (Å²) in [6, 6.07) is 4.61. The molecule has 0 heterocycles. The molecule has 0 saturated heterocycles. The van der Waals surface area contributed by atoms with Crippen molar-refractivity contribution >= 4 is 0 Å². The second kappa shape index (κ2) is 6.47. The van der Waals surface area contributed by atoms with E-state index >= 15 is 0 Å². The molecule has 0 radical (unpaired) electrons. The lowest BCUT2D eigenvalue weighted by molar-refractivity contribution is 0.339. The van der Waals surface area contributed by atoms with E-state index in [0.717, 1.165) is 30.9 Å². The molecule has 0 aliphatic heterocycles. The van der Waals surface area contributed by atoms with Gasteiger partial charge in [-0.3, -0.25) is 0 Å². The first-order chi connectivity index (χ1) is 9.11. The number of hydrogen-bond acceptors (Lipinski definition) is 1. The maximum Gasteiger partial charge on any atom is 0.159 e. The summed E-state index contributed by atoms with van der Waals surface area (Å²) in [6.07, 6.45) is 4.48. The molecule has 2 atom stereocenters.